The summed E-state index contributed by atoms with van der Waals surface area (Å²) in [5.74, 6) is 0.377. The van der Waals surface area contributed by atoms with Crippen LogP contribution in [0.5, 0.6) is 5.75 Å². The number of piperazine rings is 1. The summed E-state index contributed by atoms with van der Waals surface area (Å²) in [4.78, 5) is 27.9. The molecule has 2 N–H and O–H groups in total. The van der Waals surface area contributed by atoms with Gasteiger partial charge in [-0.3, -0.25) is 9.69 Å². The lowest BCUT2D eigenvalue weighted by Crippen LogP contribution is -2.50. The molecule has 1 aromatic carbocycles. The molecular formula is C18H28N4O4. The summed E-state index contributed by atoms with van der Waals surface area (Å²) in [7, 11) is 3.25. The van der Waals surface area contributed by atoms with Crippen molar-refractivity contribution in [3.63, 3.8) is 0 Å². The summed E-state index contributed by atoms with van der Waals surface area (Å²) in [5.41, 5.74) is 1.14. The molecule has 0 unspecified atom stereocenters. The Morgan fingerprint density at radius 1 is 1.12 bits per heavy atom. The number of hydrogen-bond donors (Lipinski definition) is 2. The van der Waals surface area contributed by atoms with Crippen molar-refractivity contribution >= 4 is 23.3 Å². The van der Waals surface area contributed by atoms with Gasteiger partial charge in [0.15, 0.2) is 0 Å². The van der Waals surface area contributed by atoms with Gasteiger partial charge in [0.05, 0.1) is 12.8 Å². The van der Waals surface area contributed by atoms with E-state index in [2.05, 4.69) is 15.5 Å². The normalized spacial score (nSPS) is 14.8. The molecule has 1 fully saturated rings. The Kier molecular flexibility index (Phi) is 7.68. The molecule has 1 aliphatic heterocycles. The van der Waals surface area contributed by atoms with E-state index >= 15 is 0 Å². The van der Waals surface area contributed by atoms with Gasteiger partial charge in [0.2, 0.25) is 5.91 Å². The third-order valence-electron chi connectivity index (χ3n) is 4.24. The van der Waals surface area contributed by atoms with Gasteiger partial charge in [-0.15, -0.1) is 0 Å². The van der Waals surface area contributed by atoms with Gasteiger partial charge in [0, 0.05) is 59.1 Å². The Bertz CT molecular complexity index is 615. The van der Waals surface area contributed by atoms with Crippen molar-refractivity contribution in [1.29, 1.82) is 0 Å². The predicted molar refractivity (Wildman–Crippen MR) is 101 cm³/mol. The van der Waals surface area contributed by atoms with E-state index in [9.17, 15) is 9.59 Å². The second-order valence-corrected chi connectivity index (χ2v) is 6.20. The van der Waals surface area contributed by atoms with Crippen LogP contribution in [-0.4, -0.2) is 75.3 Å². The molecule has 1 saturated heterocycles. The molecule has 0 radical (unpaired) electrons. The quantitative estimate of drug-likeness (QED) is 0.722. The number of nitrogens with zero attached hydrogens (tertiary/aromatic N) is 2. The van der Waals surface area contributed by atoms with Crippen molar-refractivity contribution in [3.05, 3.63) is 18.2 Å². The van der Waals surface area contributed by atoms with Crippen LogP contribution in [0.15, 0.2) is 18.2 Å². The summed E-state index contributed by atoms with van der Waals surface area (Å²) in [5, 5.41) is 5.59. The predicted octanol–water partition coefficient (Wildman–Crippen LogP) is 1.84. The van der Waals surface area contributed by atoms with Crippen LogP contribution in [-0.2, 0) is 9.53 Å². The number of rotatable bonds is 7. The molecule has 1 aromatic rings. The molecule has 0 saturated carbocycles. The molecule has 1 heterocycles. The minimum absolute atomic E-state index is 0.167. The molecule has 8 nitrogen and oxygen atoms in total. The first-order valence-electron chi connectivity index (χ1n) is 8.76. The molecule has 0 aromatic heterocycles. The highest BCUT2D eigenvalue weighted by Gasteiger charge is 2.21. The van der Waals surface area contributed by atoms with E-state index in [1.807, 2.05) is 0 Å². The number of benzene rings is 1. The summed E-state index contributed by atoms with van der Waals surface area (Å²) >= 11 is 0. The number of ether oxygens (including phenoxy) is 2. The zero-order chi connectivity index (χ0) is 18.9. The highest BCUT2D eigenvalue weighted by molar-refractivity contribution is 5.94. The van der Waals surface area contributed by atoms with E-state index in [-0.39, 0.29) is 11.9 Å². The number of anilines is 2. The van der Waals surface area contributed by atoms with E-state index in [1.165, 1.54) is 6.92 Å². The number of carbonyl (C=O) groups is 2. The van der Waals surface area contributed by atoms with Crippen LogP contribution in [0.2, 0.25) is 0 Å². The van der Waals surface area contributed by atoms with Crippen LogP contribution < -0.4 is 15.4 Å². The SMILES string of the molecule is COCCCN1CCN(C(=O)Nc2cc(NC(C)=O)ccc2OC)CC1. The maximum absolute atomic E-state index is 12.6. The molecule has 8 heteroatoms. The van der Waals surface area contributed by atoms with Crippen molar-refractivity contribution in [1.82, 2.24) is 9.80 Å². The van der Waals surface area contributed by atoms with Crippen molar-refractivity contribution in [2.45, 2.75) is 13.3 Å². The molecule has 0 atom stereocenters. The zero-order valence-electron chi connectivity index (χ0n) is 15.7. The summed E-state index contributed by atoms with van der Waals surface area (Å²) in [6, 6.07) is 4.97. The van der Waals surface area contributed by atoms with Crippen LogP contribution >= 0.6 is 0 Å². The van der Waals surface area contributed by atoms with Crippen LogP contribution in [0.25, 0.3) is 0 Å². The first-order chi connectivity index (χ1) is 12.5. The van der Waals surface area contributed by atoms with Gasteiger partial charge >= 0.3 is 6.03 Å². The minimum atomic E-state index is -0.169. The summed E-state index contributed by atoms with van der Waals surface area (Å²) < 4.78 is 10.4. The second kappa shape index (κ2) is 9.98. The fourth-order valence-electron chi connectivity index (χ4n) is 2.89. The number of methoxy groups -OCH3 is 2. The molecule has 0 bridgehead atoms. The molecule has 0 spiro atoms. The molecule has 26 heavy (non-hydrogen) atoms. The van der Waals surface area contributed by atoms with Crippen LogP contribution in [0, 0.1) is 0 Å². The van der Waals surface area contributed by atoms with Crippen molar-refractivity contribution < 1.29 is 19.1 Å². The van der Waals surface area contributed by atoms with E-state index in [0.717, 1.165) is 32.7 Å². The second-order valence-electron chi connectivity index (χ2n) is 6.20. The average molecular weight is 364 g/mol. The fraction of sp³-hybridized carbons (Fsp3) is 0.556. The van der Waals surface area contributed by atoms with Crippen molar-refractivity contribution in [2.75, 3.05) is 64.2 Å². The van der Waals surface area contributed by atoms with E-state index < -0.39 is 0 Å². The van der Waals surface area contributed by atoms with E-state index in [0.29, 0.717) is 30.2 Å². The standard InChI is InChI=1S/C18H28N4O4/c1-14(23)19-15-5-6-17(26-3)16(13-15)20-18(24)22-10-8-21(9-11-22)7-4-12-25-2/h5-6,13H,4,7-12H2,1-3H3,(H,19,23)(H,20,24). The van der Waals surface area contributed by atoms with Crippen molar-refractivity contribution in [2.24, 2.45) is 0 Å². The Hall–Kier alpha value is -2.32. The topological polar surface area (TPSA) is 83.1 Å². The largest absolute Gasteiger partial charge is 0.495 e. The highest BCUT2D eigenvalue weighted by Crippen LogP contribution is 2.28. The lowest BCUT2D eigenvalue weighted by atomic mass is 10.2. The van der Waals surface area contributed by atoms with Crippen molar-refractivity contribution in [3.8, 4) is 5.75 Å². The number of urea groups is 1. The Labute approximate surface area is 154 Å². The third-order valence-corrected chi connectivity index (χ3v) is 4.24. The number of carbonyl (C=O) groups excluding carboxylic acids is 2. The molecular weight excluding hydrogens is 336 g/mol. The Morgan fingerprint density at radius 3 is 2.46 bits per heavy atom. The molecule has 1 aliphatic rings. The van der Waals surface area contributed by atoms with Gasteiger partial charge < -0.3 is 25.0 Å². The zero-order valence-corrected chi connectivity index (χ0v) is 15.7. The Balaban J connectivity index is 1.92. The molecule has 144 valence electrons. The molecule has 2 rings (SSSR count). The minimum Gasteiger partial charge on any atom is -0.495 e. The van der Waals surface area contributed by atoms with Gasteiger partial charge in [-0.1, -0.05) is 0 Å². The van der Waals surface area contributed by atoms with Gasteiger partial charge in [-0.05, 0) is 24.6 Å². The molecule has 3 amide bonds. The lowest BCUT2D eigenvalue weighted by Gasteiger charge is -2.34. The number of nitrogens with one attached hydrogen (secondary N) is 2. The number of amides is 3. The first kappa shape index (κ1) is 20.0. The van der Waals surface area contributed by atoms with Gasteiger partial charge in [-0.25, -0.2) is 4.79 Å². The monoisotopic (exact) mass is 364 g/mol. The highest BCUT2D eigenvalue weighted by atomic mass is 16.5. The average Bonchev–Trinajstić information content (AvgIpc) is 2.62. The maximum atomic E-state index is 12.6. The molecule has 0 aliphatic carbocycles. The third kappa shape index (κ3) is 5.89. The smallest absolute Gasteiger partial charge is 0.322 e. The van der Waals surface area contributed by atoms with Crippen LogP contribution in [0.1, 0.15) is 13.3 Å². The summed E-state index contributed by atoms with van der Waals surface area (Å²) in [6.45, 7) is 6.22. The lowest BCUT2D eigenvalue weighted by molar-refractivity contribution is -0.114. The first-order valence-corrected chi connectivity index (χ1v) is 8.76. The fourth-order valence-corrected chi connectivity index (χ4v) is 2.89. The summed E-state index contributed by atoms with van der Waals surface area (Å²) in [6.07, 6.45) is 0.996. The van der Waals surface area contributed by atoms with Gasteiger partial charge in [-0.2, -0.15) is 0 Å². The van der Waals surface area contributed by atoms with E-state index in [4.69, 9.17) is 9.47 Å². The maximum Gasteiger partial charge on any atom is 0.322 e. The Morgan fingerprint density at radius 2 is 1.85 bits per heavy atom. The van der Waals surface area contributed by atoms with Gasteiger partial charge in [0.1, 0.15) is 5.75 Å². The van der Waals surface area contributed by atoms with Crippen LogP contribution in [0.4, 0.5) is 16.2 Å². The van der Waals surface area contributed by atoms with E-state index in [1.54, 1.807) is 37.3 Å². The number of hydrogen-bond acceptors (Lipinski definition) is 5. The van der Waals surface area contributed by atoms with Crippen LogP contribution in [0.3, 0.4) is 0 Å². The van der Waals surface area contributed by atoms with Gasteiger partial charge in [0.25, 0.3) is 0 Å².